The summed E-state index contributed by atoms with van der Waals surface area (Å²) in [4.78, 5) is 0.0590. The van der Waals surface area contributed by atoms with Gasteiger partial charge in [0.1, 0.15) is 11.6 Å². The Balaban J connectivity index is 1.82. The number of nitrogens with one attached hydrogen (secondary N) is 1. The van der Waals surface area contributed by atoms with Gasteiger partial charge in [-0.1, -0.05) is 41.9 Å². The summed E-state index contributed by atoms with van der Waals surface area (Å²) in [6, 6.07) is 15.6. The van der Waals surface area contributed by atoms with Gasteiger partial charge >= 0.3 is 0 Å². The summed E-state index contributed by atoms with van der Waals surface area (Å²) in [5.74, 6) is -0.298. The van der Waals surface area contributed by atoms with E-state index >= 15 is 0 Å². The largest absolute Gasteiger partial charge is 0.470 e. The Morgan fingerprint density at radius 2 is 1.83 bits per heavy atom. The van der Waals surface area contributed by atoms with Gasteiger partial charge in [0.05, 0.1) is 28.4 Å². The zero-order valence-electron chi connectivity index (χ0n) is 19.7. The standard InChI is InChI=1S/C25H24ClFN2O5S2/c1-16-6-4-7-19(12-16)36(32,33)29-15-24(28-35(3,30)31)34-23-11-10-18(14-22(23)29)13-17(2)25-20(26)8-5-9-21(25)27/h4-14,24,28H,15H2,1-3H3/b17-13+/t24-/m1/s1. The number of ether oxygens (including phenoxy) is 1. The van der Waals surface area contributed by atoms with Gasteiger partial charge in [-0.15, -0.1) is 0 Å². The van der Waals surface area contributed by atoms with Gasteiger partial charge in [-0.3, -0.25) is 4.31 Å². The number of hydrogen-bond acceptors (Lipinski definition) is 5. The monoisotopic (exact) mass is 550 g/mol. The van der Waals surface area contributed by atoms with Crippen molar-refractivity contribution in [2.24, 2.45) is 0 Å². The minimum absolute atomic E-state index is 0.0590. The second-order valence-electron chi connectivity index (χ2n) is 8.50. The number of aryl methyl sites for hydroxylation is 1. The number of anilines is 1. The molecular formula is C25H24ClFN2O5S2. The highest BCUT2D eigenvalue weighted by molar-refractivity contribution is 7.92. The molecule has 1 aliphatic heterocycles. The van der Waals surface area contributed by atoms with Crippen molar-refractivity contribution in [1.29, 1.82) is 0 Å². The lowest BCUT2D eigenvalue weighted by atomic mass is 10.0. The van der Waals surface area contributed by atoms with Crippen LogP contribution in [0.2, 0.25) is 5.02 Å². The number of allylic oxidation sites excluding steroid dienone is 1. The summed E-state index contributed by atoms with van der Waals surface area (Å²) in [7, 11) is -7.76. The van der Waals surface area contributed by atoms with Gasteiger partial charge in [0.25, 0.3) is 10.0 Å². The molecule has 11 heteroatoms. The molecule has 0 aliphatic carbocycles. The molecule has 0 radical (unpaired) electrons. The molecule has 0 aromatic heterocycles. The number of rotatable bonds is 6. The fourth-order valence-corrected chi connectivity index (χ4v) is 6.47. The molecule has 3 aromatic rings. The van der Waals surface area contributed by atoms with E-state index in [1.165, 1.54) is 24.3 Å². The minimum Gasteiger partial charge on any atom is -0.470 e. The van der Waals surface area contributed by atoms with Crippen molar-refractivity contribution >= 4 is 49.0 Å². The average Bonchev–Trinajstić information content (AvgIpc) is 2.77. The number of sulfonamides is 2. The van der Waals surface area contributed by atoms with E-state index in [0.29, 0.717) is 11.1 Å². The molecule has 3 aromatic carbocycles. The zero-order chi connectivity index (χ0) is 26.3. The highest BCUT2D eigenvalue weighted by atomic mass is 35.5. The molecule has 1 atom stereocenters. The summed E-state index contributed by atoms with van der Waals surface area (Å²) >= 11 is 6.19. The predicted octanol–water partition coefficient (Wildman–Crippen LogP) is 4.81. The van der Waals surface area contributed by atoms with E-state index in [0.717, 1.165) is 16.1 Å². The van der Waals surface area contributed by atoms with Gasteiger partial charge in [-0.25, -0.2) is 21.2 Å². The average molecular weight is 551 g/mol. The van der Waals surface area contributed by atoms with Crippen LogP contribution in [0.25, 0.3) is 11.6 Å². The van der Waals surface area contributed by atoms with E-state index in [4.69, 9.17) is 16.3 Å². The van der Waals surface area contributed by atoms with Crippen molar-refractivity contribution in [3.05, 3.63) is 88.2 Å². The molecule has 0 saturated heterocycles. The Morgan fingerprint density at radius 1 is 1.11 bits per heavy atom. The molecule has 36 heavy (non-hydrogen) atoms. The topological polar surface area (TPSA) is 92.8 Å². The Bertz CT molecular complexity index is 1550. The molecule has 4 rings (SSSR count). The van der Waals surface area contributed by atoms with Crippen LogP contribution in [-0.2, 0) is 20.0 Å². The molecule has 0 fully saturated rings. The lowest BCUT2D eigenvalue weighted by molar-refractivity contribution is 0.189. The van der Waals surface area contributed by atoms with Crippen molar-refractivity contribution < 1.29 is 26.0 Å². The first-order chi connectivity index (χ1) is 16.8. The lowest BCUT2D eigenvalue weighted by Gasteiger charge is -2.35. The Morgan fingerprint density at radius 3 is 2.50 bits per heavy atom. The van der Waals surface area contributed by atoms with Crippen LogP contribution in [0.3, 0.4) is 0 Å². The highest BCUT2D eigenvalue weighted by Gasteiger charge is 2.36. The van der Waals surface area contributed by atoms with Crippen LogP contribution in [0.5, 0.6) is 5.75 Å². The molecule has 0 spiro atoms. The Labute approximate surface area is 215 Å². The Kier molecular flexibility index (Phi) is 7.16. The second kappa shape index (κ2) is 9.85. The van der Waals surface area contributed by atoms with Crippen LogP contribution < -0.4 is 13.8 Å². The number of halogens is 2. The molecular weight excluding hydrogens is 527 g/mol. The summed E-state index contributed by atoms with van der Waals surface area (Å²) in [6.45, 7) is 3.19. The zero-order valence-corrected chi connectivity index (χ0v) is 22.1. The third-order valence-corrected chi connectivity index (χ3v) is 8.30. The van der Waals surface area contributed by atoms with Crippen LogP contribution in [0.1, 0.15) is 23.6 Å². The molecule has 1 aliphatic rings. The molecule has 0 bridgehead atoms. The van der Waals surface area contributed by atoms with Crippen molar-refractivity contribution in [3.63, 3.8) is 0 Å². The van der Waals surface area contributed by atoms with Crippen LogP contribution >= 0.6 is 11.6 Å². The van der Waals surface area contributed by atoms with Gasteiger partial charge < -0.3 is 4.74 Å². The number of fused-ring (bicyclic) bond motifs is 1. The highest BCUT2D eigenvalue weighted by Crippen LogP contribution is 2.38. The summed E-state index contributed by atoms with van der Waals surface area (Å²) in [5.41, 5.74) is 2.34. The van der Waals surface area contributed by atoms with Crippen molar-refractivity contribution in [1.82, 2.24) is 4.72 Å². The summed E-state index contributed by atoms with van der Waals surface area (Å²) in [6.07, 6.45) is 1.52. The normalized spacial score (nSPS) is 16.4. The predicted molar refractivity (Wildman–Crippen MR) is 140 cm³/mol. The van der Waals surface area contributed by atoms with Gasteiger partial charge in [0, 0.05) is 5.56 Å². The number of benzene rings is 3. The van der Waals surface area contributed by atoms with Crippen LogP contribution in [0, 0.1) is 12.7 Å². The van der Waals surface area contributed by atoms with E-state index in [1.807, 2.05) is 0 Å². The smallest absolute Gasteiger partial charge is 0.264 e. The first-order valence-electron chi connectivity index (χ1n) is 10.9. The quantitative estimate of drug-likeness (QED) is 0.445. The van der Waals surface area contributed by atoms with Crippen LogP contribution in [-0.4, -0.2) is 35.9 Å². The van der Waals surface area contributed by atoms with E-state index < -0.39 is 32.1 Å². The lowest BCUT2D eigenvalue weighted by Crippen LogP contribution is -2.51. The second-order valence-corrected chi connectivity index (χ2v) is 12.5. The molecule has 0 amide bonds. The Hall–Kier alpha value is -2.92. The third-order valence-electron chi connectivity index (χ3n) is 5.52. The van der Waals surface area contributed by atoms with Gasteiger partial charge in [0.15, 0.2) is 6.23 Å². The van der Waals surface area contributed by atoms with E-state index in [1.54, 1.807) is 56.3 Å². The summed E-state index contributed by atoms with van der Waals surface area (Å²) < 4.78 is 74.6. The minimum atomic E-state index is -4.08. The van der Waals surface area contributed by atoms with Gasteiger partial charge in [-0.2, -0.15) is 4.72 Å². The molecule has 7 nitrogen and oxygen atoms in total. The molecule has 1 heterocycles. The third kappa shape index (κ3) is 5.57. The van der Waals surface area contributed by atoms with E-state index in [2.05, 4.69) is 4.72 Å². The maximum Gasteiger partial charge on any atom is 0.264 e. The van der Waals surface area contributed by atoms with Crippen LogP contribution in [0.4, 0.5) is 10.1 Å². The maximum atomic E-state index is 14.4. The van der Waals surface area contributed by atoms with E-state index in [9.17, 15) is 21.2 Å². The van der Waals surface area contributed by atoms with Crippen molar-refractivity contribution in [2.45, 2.75) is 25.0 Å². The fraction of sp³-hybridized carbons (Fsp3) is 0.200. The van der Waals surface area contributed by atoms with Crippen molar-refractivity contribution in [2.75, 3.05) is 17.1 Å². The van der Waals surface area contributed by atoms with Gasteiger partial charge in [-0.05, 0) is 66.9 Å². The molecule has 1 N–H and O–H groups in total. The number of nitrogens with zero attached hydrogens (tertiary/aromatic N) is 1. The van der Waals surface area contributed by atoms with Gasteiger partial charge in [0.2, 0.25) is 10.0 Å². The SMILES string of the molecule is C/C(=C\c1ccc2c(c1)N(S(=O)(=O)c1cccc(C)c1)C[C@H](NS(C)(=O)=O)O2)c1c(F)cccc1Cl. The molecule has 190 valence electrons. The first kappa shape index (κ1) is 26.2. The van der Waals surface area contributed by atoms with E-state index in [-0.39, 0.29) is 33.5 Å². The molecule has 0 unspecified atom stereocenters. The fourth-order valence-electron chi connectivity index (χ4n) is 3.99. The number of hydrogen-bond donors (Lipinski definition) is 1. The summed E-state index contributed by atoms with van der Waals surface area (Å²) in [5, 5.41) is 0.253. The molecule has 0 saturated carbocycles. The maximum absolute atomic E-state index is 14.4. The van der Waals surface area contributed by atoms with Crippen LogP contribution in [0.15, 0.2) is 65.6 Å². The first-order valence-corrected chi connectivity index (χ1v) is 14.6. The van der Waals surface area contributed by atoms with Crippen molar-refractivity contribution in [3.8, 4) is 5.75 Å².